The van der Waals surface area contributed by atoms with Crippen LogP contribution in [0.3, 0.4) is 0 Å². The molecule has 0 spiro atoms. The maximum absolute atomic E-state index is 5.67. The molecule has 0 bridgehead atoms. The lowest BCUT2D eigenvalue weighted by atomic mass is 10.2. The second kappa shape index (κ2) is 4.23. The fourth-order valence-corrected chi connectivity index (χ4v) is 2.46. The van der Waals surface area contributed by atoms with Gasteiger partial charge < -0.3 is 10.1 Å². The first-order valence-electron chi connectivity index (χ1n) is 4.54. The molecule has 66 valence electrons. The van der Waals surface area contributed by atoms with E-state index in [1.807, 2.05) is 0 Å². The van der Waals surface area contributed by atoms with Crippen molar-refractivity contribution in [2.75, 3.05) is 19.7 Å². The molecule has 1 heterocycles. The molecular formula is C8H19NOSi. The summed E-state index contributed by atoms with van der Waals surface area (Å²) < 4.78 is 5.67. The molecule has 1 aliphatic rings. The molecule has 1 fully saturated rings. The molecule has 2 atom stereocenters. The summed E-state index contributed by atoms with van der Waals surface area (Å²) in [6, 6.07) is 0. The second-order valence-electron chi connectivity index (χ2n) is 3.72. The van der Waals surface area contributed by atoms with Gasteiger partial charge in [0, 0.05) is 21.9 Å². The topological polar surface area (TPSA) is 21.3 Å². The summed E-state index contributed by atoms with van der Waals surface area (Å²) in [6.45, 7) is 10.1. The van der Waals surface area contributed by atoms with Crippen molar-refractivity contribution in [2.45, 2.75) is 31.7 Å². The summed E-state index contributed by atoms with van der Waals surface area (Å²) in [4.78, 5) is 0. The van der Waals surface area contributed by atoms with Gasteiger partial charge in [-0.3, -0.25) is 0 Å². The zero-order chi connectivity index (χ0) is 8.27. The summed E-state index contributed by atoms with van der Waals surface area (Å²) in [5.74, 6) is 0. The Kier molecular flexibility index (Phi) is 3.55. The van der Waals surface area contributed by atoms with Gasteiger partial charge in [-0.15, -0.1) is 0 Å². The van der Waals surface area contributed by atoms with E-state index in [9.17, 15) is 0 Å². The molecule has 1 aliphatic heterocycles. The Morgan fingerprint density at radius 3 is 2.73 bits per heavy atom. The molecule has 2 nitrogen and oxygen atoms in total. The Hall–Kier alpha value is 0.137. The zero-order valence-electron chi connectivity index (χ0n) is 7.76. The maximum Gasteiger partial charge on any atom is 0.0699 e. The molecule has 1 N–H and O–H groups in total. The van der Waals surface area contributed by atoms with Crippen molar-refractivity contribution in [1.29, 1.82) is 0 Å². The number of hydrogen-bond donors (Lipinski definition) is 1. The van der Waals surface area contributed by atoms with Crippen LogP contribution in [-0.2, 0) is 4.74 Å². The van der Waals surface area contributed by atoms with Crippen molar-refractivity contribution in [3.8, 4) is 0 Å². The van der Waals surface area contributed by atoms with Crippen molar-refractivity contribution in [3.05, 3.63) is 0 Å². The summed E-state index contributed by atoms with van der Waals surface area (Å²) in [6.07, 6.45) is 0.496. The standard InChI is InChI=1S/C8H19NOSi/c1-7(11(2)3)8-6-9-4-5-10-8/h7-9,11H,4-6H2,1-3H3. The molecule has 0 aromatic heterocycles. The van der Waals surface area contributed by atoms with Gasteiger partial charge in [-0.05, 0) is 5.54 Å². The second-order valence-corrected chi connectivity index (χ2v) is 7.26. The van der Waals surface area contributed by atoms with Crippen LogP contribution in [0.25, 0.3) is 0 Å². The first-order chi connectivity index (χ1) is 5.22. The van der Waals surface area contributed by atoms with Gasteiger partial charge in [0.15, 0.2) is 0 Å². The molecule has 0 amide bonds. The number of morpholine rings is 1. The Morgan fingerprint density at radius 2 is 2.27 bits per heavy atom. The highest BCUT2D eigenvalue weighted by Crippen LogP contribution is 2.18. The predicted molar refractivity (Wildman–Crippen MR) is 50.9 cm³/mol. The average Bonchev–Trinajstić information content (AvgIpc) is 2.05. The fraction of sp³-hybridized carbons (Fsp3) is 1.00. The van der Waals surface area contributed by atoms with Crippen LogP contribution in [0.1, 0.15) is 6.92 Å². The third kappa shape index (κ3) is 2.58. The van der Waals surface area contributed by atoms with E-state index in [0.717, 1.165) is 25.2 Å². The maximum atomic E-state index is 5.67. The van der Waals surface area contributed by atoms with Crippen LogP contribution in [0.15, 0.2) is 0 Å². The van der Waals surface area contributed by atoms with Gasteiger partial charge in [0.1, 0.15) is 0 Å². The Bertz CT molecular complexity index is 113. The summed E-state index contributed by atoms with van der Waals surface area (Å²) >= 11 is 0. The summed E-state index contributed by atoms with van der Waals surface area (Å²) in [5.41, 5.74) is 0.808. The molecule has 0 aromatic carbocycles. The minimum absolute atomic E-state index is 0.496. The largest absolute Gasteiger partial charge is 0.376 e. The van der Waals surface area contributed by atoms with Crippen LogP contribution in [-0.4, -0.2) is 34.6 Å². The Labute approximate surface area is 70.9 Å². The SMILES string of the molecule is CC(C1CNCCO1)[SiH](C)C. The number of hydrogen-bond acceptors (Lipinski definition) is 2. The number of rotatable bonds is 2. The number of ether oxygens (including phenoxy) is 1. The quantitative estimate of drug-likeness (QED) is 0.625. The van der Waals surface area contributed by atoms with Crippen molar-refractivity contribution >= 4 is 8.80 Å². The van der Waals surface area contributed by atoms with Gasteiger partial charge in [0.25, 0.3) is 0 Å². The van der Waals surface area contributed by atoms with E-state index in [1.165, 1.54) is 0 Å². The van der Waals surface area contributed by atoms with E-state index >= 15 is 0 Å². The average molecular weight is 173 g/mol. The lowest BCUT2D eigenvalue weighted by Crippen LogP contribution is -2.42. The molecule has 3 heteroatoms. The minimum Gasteiger partial charge on any atom is -0.376 e. The summed E-state index contributed by atoms with van der Waals surface area (Å²) in [5, 5.41) is 3.37. The van der Waals surface area contributed by atoms with Gasteiger partial charge in [-0.25, -0.2) is 0 Å². The van der Waals surface area contributed by atoms with Crippen LogP contribution in [0.5, 0.6) is 0 Å². The molecule has 0 aromatic rings. The van der Waals surface area contributed by atoms with Crippen molar-refractivity contribution in [2.24, 2.45) is 0 Å². The zero-order valence-corrected chi connectivity index (χ0v) is 8.92. The lowest BCUT2D eigenvalue weighted by molar-refractivity contribution is 0.0262. The molecular weight excluding hydrogens is 154 g/mol. The van der Waals surface area contributed by atoms with Gasteiger partial charge in [-0.1, -0.05) is 20.0 Å². The van der Waals surface area contributed by atoms with Gasteiger partial charge in [-0.2, -0.15) is 0 Å². The highest BCUT2D eigenvalue weighted by Gasteiger charge is 2.23. The van der Waals surface area contributed by atoms with Crippen LogP contribution in [0.4, 0.5) is 0 Å². The van der Waals surface area contributed by atoms with Crippen LogP contribution in [0, 0.1) is 0 Å². The molecule has 11 heavy (non-hydrogen) atoms. The first kappa shape index (κ1) is 9.23. The van der Waals surface area contributed by atoms with E-state index in [4.69, 9.17) is 4.74 Å². The van der Waals surface area contributed by atoms with Gasteiger partial charge in [0.05, 0.1) is 12.7 Å². The molecule has 0 saturated carbocycles. The van der Waals surface area contributed by atoms with E-state index in [1.54, 1.807) is 0 Å². The third-order valence-electron chi connectivity index (χ3n) is 2.59. The Balaban J connectivity index is 2.32. The monoisotopic (exact) mass is 173 g/mol. The van der Waals surface area contributed by atoms with E-state index in [-0.39, 0.29) is 0 Å². The van der Waals surface area contributed by atoms with Gasteiger partial charge >= 0.3 is 0 Å². The molecule has 1 rings (SSSR count). The van der Waals surface area contributed by atoms with Crippen LogP contribution >= 0.6 is 0 Å². The Morgan fingerprint density at radius 1 is 1.55 bits per heavy atom. The van der Waals surface area contributed by atoms with Crippen molar-refractivity contribution in [3.63, 3.8) is 0 Å². The fourth-order valence-electron chi connectivity index (χ4n) is 1.35. The molecule has 2 unspecified atom stereocenters. The number of nitrogens with one attached hydrogen (secondary N) is 1. The van der Waals surface area contributed by atoms with Crippen LogP contribution < -0.4 is 5.32 Å². The van der Waals surface area contributed by atoms with Gasteiger partial charge in [0.2, 0.25) is 0 Å². The first-order valence-corrected chi connectivity index (χ1v) is 7.51. The van der Waals surface area contributed by atoms with E-state index in [2.05, 4.69) is 25.3 Å². The van der Waals surface area contributed by atoms with Crippen molar-refractivity contribution in [1.82, 2.24) is 5.32 Å². The summed E-state index contributed by atoms with van der Waals surface area (Å²) in [7, 11) is -0.503. The van der Waals surface area contributed by atoms with Crippen LogP contribution in [0.2, 0.25) is 18.6 Å². The third-order valence-corrected chi connectivity index (χ3v) is 5.13. The smallest absolute Gasteiger partial charge is 0.0699 e. The highest BCUT2D eigenvalue weighted by molar-refractivity contribution is 6.57. The minimum atomic E-state index is -0.503. The molecule has 0 aliphatic carbocycles. The molecule has 1 saturated heterocycles. The van der Waals surface area contributed by atoms with E-state index in [0.29, 0.717) is 6.10 Å². The normalized spacial score (nSPS) is 28.9. The highest BCUT2D eigenvalue weighted by atomic mass is 28.3. The van der Waals surface area contributed by atoms with Crippen molar-refractivity contribution < 1.29 is 4.74 Å². The predicted octanol–water partition coefficient (Wildman–Crippen LogP) is 0.852. The molecule has 0 radical (unpaired) electrons. The lowest BCUT2D eigenvalue weighted by Gasteiger charge is -2.30. The van der Waals surface area contributed by atoms with E-state index < -0.39 is 8.80 Å².